The number of unbranched alkanes of at least 4 members (excludes halogenated alkanes) is 20. The average molecular weight is 889 g/mol. The fourth-order valence-electron chi connectivity index (χ4n) is 6.92. The lowest BCUT2D eigenvalue weighted by Gasteiger charge is -2.18. The van der Waals surface area contributed by atoms with E-state index in [0.717, 1.165) is 89.9 Å². The van der Waals surface area contributed by atoms with Gasteiger partial charge < -0.3 is 14.2 Å². The molecule has 6 nitrogen and oxygen atoms in total. The van der Waals surface area contributed by atoms with E-state index in [1.54, 1.807) is 0 Å². The smallest absolute Gasteiger partial charge is 0.306 e. The van der Waals surface area contributed by atoms with Crippen molar-refractivity contribution in [2.45, 2.75) is 239 Å². The van der Waals surface area contributed by atoms with Crippen molar-refractivity contribution in [1.82, 2.24) is 0 Å². The van der Waals surface area contributed by atoms with Crippen LogP contribution in [-0.2, 0) is 28.6 Å². The highest BCUT2D eigenvalue weighted by molar-refractivity contribution is 5.71. The van der Waals surface area contributed by atoms with E-state index in [1.165, 1.54) is 96.3 Å². The quantitative estimate of drug-likeness (QED) is 0.0199. The maximum absolute atomic E-state index is 12.8. The minimum Gasteiger partial charge on any atom is -0.462 e. The summed E-state index contributed by atoms with van der Waals surface area (Å²) >= 11 is 0. The van der Waals surface area contributed by atoms with Crippen LogP contribution in [-0.4, -0.2) is 37.2 Å². The molecule has 0 N–H and O–H groups in total. The van der Waals surface area contributed by atoms with Gasteiger partial charge in [-0.25, -0.2) is 0 Å². The number of carbonyl (C=O) groups is 3. The maximum Gasteiger partial charge on any atom is 0.306 e. The molecule has 0 aliphatic rings. The highest BCUT2D eigenvalue weighted by Gasteiger charge is 2.19. The van der Waals surface area contributed by atoms with Crippen LogP contribution >= 0.6 is 0 Å². The highest BCUT2D eigenvalue weighted by atomic mass is 16.6. The van der Waals surface area contributed by atoms with Crippen LogP contribution in [0, 0.1) is 0 Å². The van der Waals surface area contributed by atoms with E-state index in [2.05, 4.69) is 106 Å². The summed E-state index contributed by atoms with van der Waals surface area (Å²) in [5, 5.41) is 0. The van der Waals surface area contributed by atoms with Gasteiger partial charge in [0, 0.05) is 19.3 Å². The summed E-state index contributed by atoms with van der Waals surface area (Å²) in [5.41, 5.74) is 0. The summed E-state index contributed by atoms with van der Waals surface area (Å²) in [6.45, 7) is 6.38. The topological polar surface area (TPSA) is 78.9 Å². The lowest BCUT2D eigenvalue weighted by molar-refractivity contribution is -0.166. The van der Waals surface area contributed by atoms with Crippen molar-refractivity contribution in [2.75, 3.05) is 13.2 Å². The highest BCUT2D eigenvalue weighted by Crippen LogP contribution is 2.15. The van der Waals surface area contributed by atoms with E-state index < -0.39 is 6.10 Å². The molecule has 0 amide bonds. The Labute approximate surface area is 394 Å². The SMILES string of the molecule is CC/C=C\C/C=C\C/C=C\C/C=C\C/C=C\C/C=C\CCC(=O)OCC(COC(=O)CCCCC/C=C\C=C/CCCC)OC(=O)CCCCCCCCCCCCCCCCCC. The molecule has 0 spiro atoms. The average Bonchev–Trinajstić information content (AvgIpc) is 3.29. The molecule has 0 aromatic heterocycles. The van der Waals surface area contributed by atoms with Gasteiger partial charge in [0.15, 0.2) is 6.10 Å². The number of rotatable bonds is 46. The second kappa shape index (κ2) is 52.0. The summed E-state index contributed by atoms with van der Waals surface area (Å²) in [6.07, 6.45) is 68.4. The first-order valence-corrected chi connectivity index (χ1v) is 26.3. The lowest BCUT2D eigenvalue weighted by atomic mass is 10.0. The van der Waals surface area contributed by atoms with Crippen molar-refractivity contribution >= 4 is 17.9 Å². The Kier molecular flexibility index (Phi) is 49.0. The number of allylic oxidation sites excluding steroid dienone is 16. The zero-order chi connectivity index (χ0) is 46.5. The van der Waals surface area contributed by atoms with Crippen LogP contribution in [0.4, 0.5) is 0 Å². The van der Waals surface area contributed by atoms with Crippen molar-refractivity contribution in [3.8, 4) is 0 Å². The number of ether oxygens (including phenoxy) is 3. The zero-order valence-corrected chi connectivity index (χ0v) is 41.5. The van der Waals surface area contributed by atoms with Crippen LogP contribution in [0.1, 0.15) is 233 Å². The van der Waals surface area contributed by atoms with Crippen molar-refractivity contribution in [3.63, 3.8) is 0 Å². The third-order valence-electron chi connectivity index (χ3n) is 10.9. The Balaban J connectivity index is 4.50. The Morgan fingerprint density at radius 2 is 0.703 bits per heavy atom. The third-order valence-corrected chi connectivity index (χ3v) is 10.9. The summed E-state index contributed by atoms with van der Waals surface area (Å²) < 4.78 is 16.7. The summed E-state index contributed by atoms with van der Waals surface area (Å²) in [4.78, 5) is 37.9. The maximum atomic E-state index is 12.8. The van der Waals surface area contributed by atoms with Gasteiger partial charge in [-0.2, -0.15) is 0 Å². The van der Waals surface area contributed by atoms with E-state index >= 15 is 0 Å². The van der Waals surface area contributed by atoms with Crippen molar-refractivity contribution in [1.29, 1.82) is 0 Å². The van der Waals surface area contributed by atoms with Gasteiger partial charge in [-0.1, -0.05) is 234 Å². The van der Waals surface area contributed by atoms with E-state index in [0.29, 0.717) is 19.3 Å². The van der Waals surface area contributed by atoms with Crippen LogP contribution < -0.4 is 0 Å². The molecule has 1 unspecified atom stereocenters. The molecule has 0 aliphatic carbocycles. The van der Waals surface area contributed by atoms with Crippen LogP contribution in [0.3, 0.4) is 0 Å². The monoisotopic (exact) mass is 889 g/mol. The number of esters is 3. The molecule has 0 bridgehead atoms. The number of carbonyl (C=O) groups excluding carboxylic acids is 3. The Morgan fingerprint density at radius 1 is 0.344 bits per heavy atom. The molecule has 364 valence electrons. The standard InChI is InChI=1S/C58H96O6/c1-4-7-10-13-16-19-22-24-26-28-29-30-32-33-36-39-42-45-48-51-57(60)63-54-55(53-62-56(59)50-47-44-41-38-35-21-18-15-12-9-6-3)64-58(61)52-49-46-43-40-37-34-31-27-25-23-20-17-14-11-8-5-2/h7,10,15-16,18-19,21,24,26,29-30,33,35-36,42,45,55H,4-6,8-9,11-14,17,20,22-23,25,27-28,31-32,34,37-41,43-44,46-54H2,1-3H3/b10-7-,18-15-,19-16-,26-24-,30-29-,35-21-,36-33-,45-42-. The van der Waals surface area contributed by atoms with Crippen molar-refractivity contribution in [2.24, 2.45) is 0 Å². The largest absolute Gasteiger partial charge is 0.462 e. The molecule has 0 heterocycles. The van der Waals surface area contributed by atoms with Crippen LogP contribution in [0.25, 0.3) is 0 Å². The molecule has 0 rings (SSSR count). The lowest BCUT2D eigenvalue weighted by Crippen LogP contribution is -2.30. The second-order valence-electron chi connectivity index (χ2n) is 17.1. The molecular formula is C58H96O6. The first-order chi connectivity index (χ1) is 31.5. The fraction of sp³-hybridized carbons (Fsp3) is 0.672. The van der Waals surface area contributed by atoms with Gasteiger partial charge in [0.2, 0.25) is 0 Å². The first-order valence-electron chi connectivity index (χ1n) is 26.3. The molecule has 0 saturated heterocycles. The number of hydrogen-bond donors (Lipinski definition) is 0. The van der Waals surface area contributed by atoms with Crippen LogP contribution in [0.2, 0.25) is 0 Å². The Bertz CT molecular complexity index is 1300. The molecule has 0 fully saturated rings. The first kappa shape index (κ1) is 60.3. The molecule has 0 radical (unpaired) electrons. The second-order valence-corrected chi connectivity index (χ2v) is 17.1. The van der Waals surface area contributed by atoms with Gasteiger partial charge in [0.1, 0.15) is 13.2 Å². The molecule has 0 aromatic carbocycles. The van der Waals surface area contributed by atoms with Crippen molar-refractivity contribution in [3.05, 3.63) is 97.2 Å². The van der Waals surface area contributed by atoms with Crippen molar-refractivity contribution < 1.29 is 28.6 Å². The van der Waals surface area contributed by atoms with Gasteiger partial charge in [-0.3, -0.25) is 14.4 Å². The minimum absolute atomic E-state index is 0.114. The predicted octanol–water partition coefficient (Wildman–Crippen LogP) is 17.4. The van der Waals surface area contributed by atoms with Gasteiger partial charge >= 0.3 is 17.9 Å². The van der Waals surface area contributed by atoms with E-state index in [4.69, 9.17) is 14.2 Å². The molecular weight excluding hydrogens is 793 g/mol. The van der Waals surface area contributed by atoms with Gasteiger partial charge in [0.05, 0.1) is 0 Å². The normalized spacial score (nSPS) is 12.9. The Hall–Kier alpha value is -3.67. The fourth-order valence-corrected chi connectivity index (χ4v) is 6.92. The van der Waals surface area contributed by atoms with Gasteiger partial charge in [0.25, 0.3) is 0 Å². The predicted molar refractivity (Wildman–Crippen MR) is 274 cm³/mol. The van der Waals surface area contributed by atoms with Gasteiger partial charge in [-0.05, 0) is 77.0 Å². The zero-order valence-electron chi connectivity index (χ0n) is 41.5. The summed E-state index contributed by atoms with van der Waals surface area (Å²) in [7, 11) is 0. The number of hydrogen-bond acceptors (Lipinski definition) is 6. The third kappa shape index (κ3) is 49.3. The molecule has 64 heavy (non-hydrogen) atoms. The summed E-state index contributed by atoms with van der Waals surface area (Å²) in [6, 6.07) is 0. The minimum atomic E-state index is -0.817. The molecule has 0 saturated carbocycles. The Morgan fingerprint density at radius 3 is 1.16 bits per heavy atom. The molecule has 6 heteroatoms. The molecule has 1 atom stereocenters. The van der Waals surface area contributed by atoms with Crippen LogP contribution in [0.15, 0.2) is 97.2 Å². The van der Waals surface area contributed by atoms with Gasteiger partial charge in [-0.15, -0.1) is 0 Å². The van der Waals surface area contributed by atoms with Crippen LogP contribution in [0.5, 0.6) is 0 Å². The molecule has 0 aliphatic heterocycles. The summed E-state index contributed by atoms with van der Waals surface area (Å²) in [5.74, 6) is -1.03. The molecule has 0 aromatic rings. The van der Waals surface area contributed by atoms with E-state index in [1.807, 2.05) is 12.2 Å². The van der Waals surface area contributed by atoms with E-state index in [9.17, 15) is 14.4 Å². The van der Waals surface area contributed by atoms with E-state index in [-0.39, 0.29) is 37.5 Å².